The molecular formula is C10H18N2. The van der Waals surface area contributed by atoms with E-state index in [0.29, 0.717) is 5.92 Å². The molecule has 0 unspecified atom stereocenters. The fourth-order valence-corrected chi connectivity index (χ4v) is 0.784. The maximum absolute atomic E-state index is 5.42. The molecule has 68 valence electrons. The molecule has 0 aromatic carbocycles. The first-order valence-electron chi connectivity index (χ1n) is 4.16. The molecule has 0 spiro atoms. The minimum atomic E-state index is 0.609. The van der Waals surface area contributed by atoms with E-state index in [0.717, 1.165) is 17.8 Å². The van der Waals surface area contributed by atoms with Crippen molar-refractivity contribution in [3.63, 3.8) is 0 Å². The standard InChI is InChI=1S/C10H18N2/c1-8(2)7-10(4)12-6-5-9(3)11/h5-6,8H,4,7,11H2,1-3H3/b9-5-,12-6?. The molecule has 0 aliphatic heterocycles. The molecule has 0 radical (unpaired) electrons. The van der Waals surface area contributed by atoms with Crippen LogP contribution in [0.3, 0.4) is 0 Å². The molecule has 0 heterocycles. The zero-order valence-electron chi connectivity index (χ0n) is 8.17. The van der Waals surface area contributed by atoms with Gasteiger partial charge in [-0.05, 0) is 25.3 Å². The van der Waals surface area contributed by atoms with Gasteiger partial charge in [-0.2, -0.15) is 0 Å². The van der Waals surface area contributed by atoms with E-state index < -0.39 is 0 Å². The molecule has 0 aliphatic carbocycles. The predicted molar refractivity (Wildman–Crippen MR) is 55.0 cm³/mol. The number of aliphatic imine (C=N–C) groups is 1. The van der Waals surface area contributed by atoms with Gasteiger partial charge >= 0.3 is 0 Å². The maximum atomic E-state index is 5.42. The summed E-state index contributed by atoms with van der Waals surface area (Å²) in [5.74, 6) is 0.609. The van der Waals surface area contributed by atoms with E-state index in [1.54, 1.807) is 12.3 Å². The Labute approximate surface area is 74.9 Å². The average Bonchev–Trinajstić information content (AvgIpc) is 1.84. The van der Waals surface area contributed by atoms with Gasteiger partial charge in [0, 0.05) is 17.6 Å². The smallest absolute Gasteiger partial charge is 0.0334 e. The lowest BCUT2D eigenvalue weighted by atomic mass is 10.1. The van der Waals surface area contributed by atoms with E-state index >= 15 is 0 Å². The first-order valence-corrected chi connectivity index (χ1v) is 4.16. The van der Waals surface area contributed by atoms with Crippen LogP contribution in [0, 0.1) is 5.92 Å². The lowest BCUT2D eigenvalue weighted by molar-refractivity contribution is 0.640. The van der Waals surface area contributed by atoms with E-state index in [1.165, 1.54) is 0 Å². The van der Waals surface area contributed by atoms with Gasteiger partial charge in [0.05, 0.1) is 0 Å². The number of hydrogen-bond acceptors (Lipinski definition) is 2. The second-order valence-corrected chi connectivity index (χ2v) is 3.35. The molecule has 2 nitrogen and oxygen atoms in total. The molecule has 0 fully saturated rings. The molecule has 0 rings (SSSR count). The van der Waals surface area contributed by atoms with Gasteiger partial charge in [0.1, 0.15) is 0 Å². The topological polar surface area (TPSA) is 38.4 Å². The van der Waals surface area contributed by atoms with Crippen LogP contribution in [0.4, 0.5) is 0 Å². The van der Waals surface area contributed by atoms with Crippen LogP contribution in [0.1, 0.15) is 27.2 Å². The van der Waals surface area contributed by atoms with Crippen LogP contribution in [-0.4, -0.2) is 6.21 Å². The summed E-state index contributed by atoms with van der Waals surface area (Å²) in [5.41, 5.74) is 7.09. The molecule has 0 bridgehead atoms. The third-order valence-electron chi connectivity index (χ3n) is 1.24. The van der Waals surface area contributed by atoms with Crippen molar-refractivity contribution in [3.8, 4) is 0 Å². The number of hydrogen-bond donors (Lipinski definition) is 1. The molecular weight excluding hydrogens is 148 g/mol. The Morgan fingerprint density at radius 1 is 1.58 bits per heavy atom. The summed E-state index contributed by atoms with van der Waals surface area (Å²) in [6.45, 7) is 9.94. The lowest BCUT2D eigenvalue weighted by Crippen LogP contribution is -1.91. The molecule has 0 atom stereocenters. The second-order valence-electron chi connectivity index (χ2n) is 3.35. The van der Waals surface area contributed by atoms with Gasteiger partial charge in [-0.25, -0.2) is 0 Å². The van der Waals surface area contributed by atoms with Gasteiger partial charge in [0.25, 0.3) is 0 Å². The van der Waals surface area contributed by atoms with Crippen molar-refractivity contribution < 1.29 is 0 Å². The van der Waals surface area contributed by atoms with Crippen LogP contribution in [-0.2, 0) is 0 Å². The largest absolute Gasteiger partial charge is 0.402 e. The van der Waals surface area contributed by atoms with Crippen LogP contribution in [0.15, 0.2) is 29.0 Å². The molecule has 2 N–H and O–H groups in total. The fraction of sp³-hybridized carbons (Fsp3) is 0.500. The molecule has 0 aromatic rings. The Hall–Kier alpha value is -1.05. The molecule has 0 amide bonds. The SMILES string of the molecule is C=C(CC(C)C)N=C/C=C(/C)N. The quantitative estimate of drug-likeness (QED) is 0.640. The number of nitrogens with zero attached hydrogens (tertiary/aromatic N) is 1. The van der Waals surface area contributed by atoms with Crippen LogP contribution in [0.5, 0.6) is 0 Å². The van der Waals surface area contributed by atoms with E-state index in [1.807, 2.05) is 6.92 Å². The average molecular weight is 166 g/mol. The van der Waals surface area contributed by atoms with Crippen LogP contribution < -0.4 is 5.73 Å². The highest BCUT2D eigenvalue weighted by Crippen LogP contribution is 2.08. The minimum absolute atomic E-state index is 0.609. The second kappa shape index (κ2) is 5.58. The summed E-state index contributed by atoms with van der Waals surface area (Å²) in [7, 11) is 0. The lowest BCUT2D eigenvalue weighted by Gasteiger charge is -2.01. The van der Waals surface area contributed by atoms with E-state index in [-0.39, 0.29) is 0 Å². The van der Waals surface area contributed by atoms with Crippen molar-refractivity contribution in [1.29, 1.82) is 0 Å². The number of allylic oxidation sites excluding steroid dienone is 3. The highest BCUT2D eigenvalue weighted by Gasteiger charge is 1.94. The van der Waals surface area contributed by atoms with Gasteiger partial charge in [-0.3, -0.25) is 4.99 Å². The van der Waals surface area contributed by atoms with Gasteiger partial charge in [-0.15, -0.1) is 0 Å². The molecule has 0 saturated heterocycles. The van der Waals surface area contributed by atoms with Crippen molar-refractivity contribution in [2.75, 3.05) is 0 Å². The Morgan fingerprint density at radius 3 is 2.58 bits per heavy atom. The van der Waals surface area contributed by atoms with Gasteiger partial charge in [0.15, 0.2) is 0 Å². The molecule has 0 saturated carbocycles. The summed E-state index contributed by atoms with van der Waals surface area (Å²) in [4.78, 5) is 4.13. The molecule has 2 heteroatoms. The van der Waals surface area contributed by atoms with Crippen molar-refractivity contribution >= 4 is 6.21 Å². The van der Waals surface area contributed by atoms with Crippen LogP contribution >= 0.6 is 0 Å². The zero-order chi connectivity index (χ0) is 9.56. The molecule has 12 heavy (non-hydrogen) atoms. The Morgan fingerprint density at radius 2 is 2.17 bits per heavy atom. The first kappa shape index (κ1) is 11.0. The summed E-state index contributed by atoms with van der Waals surface area (Å²) in [5, 5.41) is 0. The monoisotopic (exact) mass is 166 g/mol. The van der Waals surface area contributed by atoms with Crippen molar-refractivity contribution in [2.45, 2.75) is 27.2 Å². The Bertz CT molecular complexity index is 196. The number of rotatable bonds is 4. The summed E-state index contributed by atoms with van der Waals surface area (Å²) in [6.07, 6.45) is 4.40. The first-order chi connectivity index (χ1) is 5.52. The van der Waals surface area contributed by atoms with E-state index in [4.69, 9.17) is 5.73 Å². The van der Waals surface area contributed by atoms with Gasteiger partial charge < -0.3 is 5.73 Å². The fourth-order valence-electron chi connectivity index (χ4n) is 0.784. The predicted octanol–water partition coefficient (Wildman–Crippen LogP) is 2.48. The minimum Gasteiger partial charge on any atom is -0.402 e. The summed E-state index contributed by atoms with van der Waals surface area (Å²) < 4.78 is 0. The Kier molecular flexibility index (Phi) is 5.09. The van der Waals surface area contributed by atoms with E-state index in [2.05, 4.69) is 25.4 Å². The normalized spacial score (nSPS) is 12.8. The van der Waals surface area contributed by atoms with Crippen molar-refractivity contribution in [3.05, 3.63) is 24.0 Å². The summed E-state index contributed by atoms with van der Waals surface area (Å²) >= 11 is 0. The van der Waals surface area contributed by atoms with E-state index in [9.17, 15) is 0 Å². The molecule has 0 aromatic heterocycles. The highest BCUT2D eigenvalue weighted by molar-refractivity contribution is 5.72. The third-order valence-corrected chi connectivity index (χ3v) is 1.24. The maximum Gasteiger partial charge on any atom is 0.0334 e. The number of nitrogens with two attached hydrogens (primary N) is 1. The third kappa shape index (κ3) is 7.06. The van der Waals surface area contributed by atoms with Crippen molar-refractivity contribution in [2.24, 2.45) is 16.6 Å². The van der Waals surface area contributed by atoms with Crippen LogP contribution in [0.25, 0.3) is 0 Å². The Balaban J connectivity index is 3.84. The molecule has 0 aliphatic rings. The van der Waals surface area contributed by atoms with Gasteiger partial charge in [0.2, 0.25) is 0 Å². The van der Waals surface area contributed by atoms with Gasteiger partial charge in [-0.1, -0.05) is 20.4 Å². The van der Waals surface area contributed by atoms with Crippen molar-refractivity contribution in [1.82, 2.24) is 0 Å². The highest BCUT2D eigenvalue weighted by atomic mass is 14.7. The summed E-state index contributed by atoms with van der Waals surface area (Å²) in [6, 6.07) is 0. The van der Waals surface area contributed by atoms with Crippen LogP contribution in [0.2, 0.25) is 0 Å². The zero-order valence-corrected chi connectivity index (χ0v) is 8.17.